The second-order valence-corrected chi connectivity index (χ2v) is 6.80. The second kappa shape index (κ2) is 7.64. The number of anilines is 1. The molecule has 2 heterocycles. The highest BCUT2D eigenvalue weighted by Gasteiger charge is 2.28. The zero-order valence-electron chi connectivity index (χ0n) is 14.6. The fourth-order valence-electron chi connectivity index (χ4n) is 3.83. The van der Waals surface area contributed by atoms with Crippen LogP contribution in [-0.4, -0.2) is 24.6 Å². The molecule has 0 N–H and O–H groups in total. The number of hydrogen-bond acceptors (Lipinski definition) is 3. The van der Waals surface area contributed by atoms with E-state index in [1.165, 1.54) is 35.6 Å². The zero-order chi connectivity index (χ0) is 16.9. The lowest BCUT2D eigenvalue weighted by Gasteiger charge is -2.38. The standard InChI is InChI=1S/C22H25N3/c1-3-9-18(10-4-1)21-14-16-24-22(17-19-11-7-8-15-23-19)25(21)20-12-5-2-6-13-20/h1-6,9-10,12-13,21H,7-8,11,14-17H2. The van der Waals surface area contributed by atoms with E-state index in [9.17, 15) is 0 Å². The largest absolute Gasteiger partial charge is 0.322 e. The van der Waals surface area contributed by atoms with Crippen LogP contribution in [0.2, 0.25) is 0 Å². The molecule has 2 aromatic rings. The molecule has 0 aromatic heterocycles. The van der Waals surface area contributed by atoms with Crippen LogP contribution in [0, 0.1) is 0 Å². The normalized spacial score (nSPS) is 20.8. The van der Waals surface area contributed by atoms with Crippen LogP contribution < -0.4 is 4.90 Å². The fraction of sp³-hybridized carbons (Fsp3) is 0.364. The third-order valence-electron chi connectivity index (χ3n) is 5.08. The van der Waals surface area contributed by atoms with E-state index in [4.69, 9.17) is 9.98 Å². The Morgan fingerprint density at radius 3 is 2.32 bits per heavy atom. The summed E-state index contributed by atoms with van der Waals surface area (Å²) in [5.74, 6) is 1.17. The highest BCUT2D eigenvalue weighted by molar-refractivity contribution is 6.11. The Morgan fingerprint density at radius 2 is 1.60 bits per heavy atom. The first-order valence-corrected chi connectivity index (χ1v) is 9.36. The van der Waals surface area contributed by atoms with Gasteiger partial charge in [0.15, 0.2) is 0 Å². The van der Waals surface area contributed by atoms with Gasteiger partial charge in [0.1, 0.15) is 5.84 Å². The summed E-state index contributed by atoms with van der Waals surface area (Å²) in [5, 5.41) is 0. The minimum absolute atomic E-state index is 0.347. The third kappa shape index (κ3) is 3.65. The summed E-state index contributed by atoms with van der Waals surface area (Å²) in [6.45, 7) is 1.88. The molecule has 0 aliphatic carbocycles. The lowest BCUT2D eigenvalue weighted by atomic mass is 9.97. The Labute approximate surface area is 150 Å². The van der Waals surface area contributed by atoms with Gasteiger partial charge in [-0.3, -0.25) is 9.98 Å². The van der Waals surface area contributed by atoms with Gasteiger partial charge < -0.3 is 4.90 Å². The van der Waals surface area contributed by atoms with Crippen LogP contribution in [0.25, 0.3) is 0 Å². The molecule has 1 unspecified atom stereocenters. The first-order valence-electron chi connectivity index (χ1n) is 9.36. The SMILES string of the molecule is c1ccc(C2CCN=C(CC3=NCCCC3)N2c2ccccc2)cc1. The van der Waals surface area contributed by atoms with Crippen LogP contribution in [0.1, 0.15) is 43.7 Å². The monoisotopic (exact) mass is 331 g/mol. The molecule has 2 aliphatic heterocycles. The van der Waals surface area contributed by atoms with Crippen molar-refractivity contribution in [3.8, 4) is 0 Å². The first-order chi connectivity index (χ1) is 12.4. The van der Waals surface area contributed by atoms with Crippen LogP contribution >= 0.6 is 0 Å². The lowest BCUT2D eigenvalue weighted by molar-refractivity contribution is 0.621. The van der Waals surface area contributed by atoms with Crippen molar-refractivity contribution in [2.75, 3.05) is 18.0 Å². The number of aliphatic imine (C=N–C) groups is 2. The molecule has 128 valence electrons. The molecule has 0 bridgehead atoms. The molecule has 0 amide bonds. The topological polar surface area (TPSA) is 28.0 Å². The molecule has 2 aromatic carbocycles. The summed E-state index contributed by atoms with van der Waals surface area (Å²) < 4.78 is 0. The van der Waals surface area contributed by atoms with Gasteiger partial charge in [0, 0.05) is 30.9 Å². The number of amidine groups is 1. The van der Waals surface area contributed by atoms with Crippen molar-refractivity contribution in [1.82, 2.24) is 0 Å². The molecule has 0 spiro atoms. The first kappa shape index (κ1) is 16.1. The van der Waals surface area contributed by atoms with Gasteiger partial charge in [0.25, 0.3) is 0 Å². The van der Waals surface area contributed by atoms with Crippen molar-refractivity contribution in [1.29, 1.82) is 0 Å². The smallest absolute Gasteiger partial charge is 0.110 e. The van der Waals surface area contributed by atoms with Crippen molar-refractivity contribution in [3.05, 3.63) is 66.2 Å². The van der Waals surface area contributed by atoms with E-state index in [0.717, 1.165) is 32.4 Å². The van der Waals surface area contributed by atoms with Crippen LogP contribution in [-0.2, 0) is 0 Å². The summed E-state index contributed by atoms with van der Waals surface area (Å²) in [4.78, 5) is 12.1. The molecule has 3 heteroatoms. The molecule has 0 radical (unpaired) electrons. The summed E-state index contributed by atoms with van der Waals surface area (Å²) in [6, 6.07) is 21.9. The number of nitrogens with zero attached hydrogens (tertiary/aromatic N) is 3. The lowest BCUT2D eigenvalue weighted by Crippen LogP contribution is -2.40. The molecule has 1 atom stereocenters. The number of benzene rings is 2. The minimum Gasteiger partial charge on any atom is -0.322 e. The Bertz CT molecular complexity index is 749. The Balaban J connectivity index is 1.69. The molecule has 0 saturated heterocycles. The van der Waals surface area contributed by atoms with Gasteiger partial charge in [-0.15, -0.1) is 0 Å². The summed E-state index contributed by atoms with van der Waals surface area (Å²) in [5.41, 5.74) is 3.91. The van der Waals surface area contributed by atoms with Gasteiger partial charge in [-0.2, -0.15) is 0 Å². The van der Waals surface area contributed by atoms with Gasteiger partial charge in [-0.05, 0) is 43.4 Å². The molecule has 0 saturated carbocycles. The van der Waals surface area contributed by atoms with E-state index >= 15 is 0 Å². The van der Waals surface area contributed by atoms with Crippen molar-refractivity contribution < 1.29 is 0 Å². The van der Waals surface area contributed by atoms with Gasteiger partial charge in [-0.25, -0.2) is 0 Å². The van der Waals surface area contributed by atoms with Crippen LogP contribution in [0.3, 0.4) is 0 Å². The van der Waals surface area contributed by atoms with Crippen molar-refractivity contribution in [2.45, 2.75) is 38.1 Å². The fourth-order valence-corrected chi connectivity index (χ4v) is 3.83. The molecular weight excluding hydrogens is 306 g/mol. The third-order valence-corrected chi connectivity index (χ3v) is 5.08. The van der Waals surface area contributed by atoms with E-state index in [0.29, 0.717) is 6.04 Å². The van der Waals surface area contributed by atoms with Gasteiger partial charge in [0.05, 0.1) is 6.04 Å². The van der Waals surface area contributed by atoms with Crippen LogP contribution in [0.15, 0.2) is 70.6 Å². The molecular formula is C22H25N3. The zero-order valence-corrected chi connectivity index (χ0v) is 14.6. The van der Waals surface area contributed by atoms with Gasteiger partial charge >= 0.3 is 0 Å². The van der Waals surface area contributed by atoms with Crippen molar-refractivity contribution in [3.63, 3.8) is 0 Å². The van der Waals surface area contributed by atoms with E-state index < -0.39 is 0 Å². The summed E-state index contributed by atoms with van der Waals surface area (Å²) in [7, 11) is 0. The quantitative estimate of drug-likeness (QED) is 0.770. The van der Waals surface area contributed by atoms with E-state index in [1.54, 1.807) is 0 Å². The van der Waals surface area contributed by atoms with E-state index in [1.807, 2.05) is 0 Å². The Hall–Kier alpha value is -2.42. The highest BCUT2D eigenvalue weighted by atomic mass is 15.2. The van der Waals surface area contributed by atoms with Crippen molar-refractivity contribution in [2.24, 2.45) is 9.98 Å². The Morgan fingerprint density at radius 1 is 0.840 bits per heavy atom. The summed E-state index contributed by atoms with van der Waals surface area (Å²) >= 11 is 0. The predicted molar refractivity (Wildman–Crippen MR) is 106 cm³/mol. The van der Waals surface area contributed by atoms with E-state index in [2.05, 4.69) is 65.6 Å². The van der Waals surface area contributed by atoms with E-state index in [-0.39, 0.29) is 0 Å². The predicted octanol–water partition coefficient (Wildman–Crippen LogP) is 5.05. The highest BCUT2D eigenvalue weighted by Crippen LogP contribution is 2.34. The van der Waals surface area contributed by atoms with Crippen molar-refractivity contribution >= 4 is 17.2 Å². The molecule has 3 nitrogen and oxygen atoms in total. The Kier molecular flexibility index (Phi) is 4.91. The van der Waals surface area contributed by atoms with Crippen LogP contribution in [0.4, 0.5) is 5.69 Å². The van der Waals surface area contributed by atoms with Gasteiger partial charge in [0.2, 0.25) is 0 Å². The molecule has 25 heavy (non-hydrogen) atoms. The maximum Gasteiger partial charge on any atom is 0.110 e. The minimum atomic E-state index is 0.347. The van der Waals surface area contributed by atoms with Gasteiger partial charge in [-0.1, -0.05) is 48.5 Å². The maximum absolute atomic E-state index is 4.92. The summed E-state index contributed by atoms with van der Waals surface area (Å²) in [6.07, 6.45) is 5.55. The maximum atomic E-state index is 4.92. The molecule has 4 rings (SSSR count). The number of rotatable bonds is 4. The second-order valence-electron chi connectivity index (χ2n) is 6.80. The molecule has 0 fully saturated rings. The van der Waals surface area contributed by atoms with Crippen LogP contribution in [0.5, 0.6) is 0 Å². The number of para-hydroxylation sites is 1. The molecule has 2 aliphatic rings. The average Bonchev–Trinajstić information content (AvgIpc) is 2.70. The average molecular weight is 331 g/mol. The number of hydrogen-bond donors (Lipinski definition) is 0.